The molecule has 0 unspecified atom stereocenters. The lowest BCUT2D eigenvalue weighted by atomic mass is 10.1. The number of carboxylic acid groups (broad SMARTS) is 1. The fourth-order valence-electron chi connectivity index (χ4n) is 1.60. The molecule has 4 heteroatoms. The molecule has 3 nitrogen and oxygen atoms in total. The molecular formula is C14H13NO2S. The summed E-state index contributed by atoms with van der Waals surface area (Å²) in [5, 5.41) is 9.13. The molecule has 0 amide bonds. The van der Waals surface area contributed by atoms with Crippen molar-refractivity contribution in [2.24, 2.45) is 0 Å². The Morgan fingerprint density at radius 2 is 2.11 bits per heavy atom. The molecule has 0 atom stereocenters. The van der Waals surface area contributed by atoms with Gasteiger partial charge in [0.05, 0.1) is 5.56 Å². The number of nitrogens with zero attached hydrogens (tertiary/aromatic N) is 1. The Hall–Kier alpha value is -1.94. The summed E-state index contributed by atoms with van der Waals surface area (Å²) in [6.07, 6.45) is 5.30. The molecular weight excluding hydrogens is 246 g/mol. The van der Waals surface area contributed by atoms with Gasteiger partial charge < -0.3 is 5.11 Å². The minimum absolute atomic E-state index is 0.284. The number of pyridine rings is 1. The number of thiophene rings is 1. The number of carboxylic acids is 1. The fourth-order valence-corrected chi connectivity index (χ4v) is 2.38. The number of hydrogen-bond acceptors (Lipinski definition) is 3. The number of rotatable bonds is 3. The van der Waals surface area contributed by atoms with Gasteiger partial charge in [-0.3, -0.25) is 4.98 Å². The van der Waals surface area contributed by atoms with Gasteiger partial charge in [-0.05, 0) is 38.1 Å². The van der Waals surface area contributed by atoms with Crippen LogP contribution in [0.5, 0.6) is 0 Å². The van der Waals surface area contributed by atoms with Crippen molar-refractivity contribution in [2.75, 3.05) is 0 Å². The summed E-state index contributed by atoms with van der Waals surface area (Å²) in [6, 6.07) is 5.63. The summed E-state index contributed by atoms with van der Waals surface area (Å²) in [7, 11) is 0. The Labute approximate surface area is 109 Å². The second-order valence-corrected chi connectivity index (χ2v) is 5.32. The Balaban J connectivity index is 2.34. The van der Waals surface area contributed by atoms with Crippen LogP contribution >= 0.6 is 11.3 Å². The van der Waals surface area contributed by atoms with E-state index in [4.69, 9.17) is 5.11 Å². The summed E-state index contributed by atoms with van der Waals surface area (Å²) in [4.78, 5) is 17.6. The average molecular weight is 259 g/mol. The molecule has 2 heterocycles. The second-order valence-electron chi connectivity index (χ2n) is 4.00. The number of aryl methyl sites for hydroxylation is 2. The lowest BCUT2D eigenvalue weighted by Gasteiger charge is -2.01. The van der Waals surface area contributed by atoms with Crippen LogP contribution < -0.4 is 0 Å². The maximum atomic E-state index is 11.1. The van der Waals surface area contributed by atoms with Crippen LogP contribution in [0.15, 0.2) is 24.4 Å². The third kappa shape index (κ3) is 2.84. The van der Waals surface area contributed by atoms with E-state index in [1.165, 1.54) is 4.88 Å². The number of hydrogen-bond donors (Lipinski definition) is 1. The average Bonchev–Trinajstić information content (AvgIpc) is 2.73. The molecule has 0 saturated heterocycles. The number of aromatic nitrogens is 1. The Bertz CT molecular complexity index is 614. The molecule has 0 aromatic carbocycles. The van der Waals surface area contributed by atoms with E-state index < -0.39 is 5.97 Å². The van der Waals surface area contributed by atoms with Crippen LogP contribution in [0.4, 0.5) is 0 Å². The molecule has 92 valence electrons. The van der Waals surface area contributed by atoms with Crippen molar-refractivity contribution in [1.29, 1.82) is 0 Å². The Morgan fingerprint density at radius 3 is 2.72 bits per heavy atom. The van der Waals surface area contributed by atoms with E-state index in [-0.39, 0.29) is 5.56 Å². The smallest absolute Gasteiger partial charge is 0.336 e. The predicted molar refractivity (Wildman–Crippen MR) is 73.9 cm³/mol. The maximum Gasteiger partial charge on any atom is 0.336 e. The first kappa shape index (κ1) is 12.5. The zero-order valence-corrected chi connectivity index (χ0v) is 11.0. The van der Waals surface area contributed by atoms with Crippen molar-refractivity contribution in [2.45, 2.75) is 13.8 Å². The van der Waals surface area contributed by atoms with Gasteiger partial charge >= 0.3 is 5.97 Å². The molecule has 0 aliphatic heterocycles. The Kier molecular flexibility index (Phi) is 3.58. The lowest BCUT2D eigenvalue weighted by Crippen LogP contribution is -2.01. The van der Waals surface area contributed by atoms with Gasteiger partial charge in [0.2, 0.25) is 0 Å². The van der Waals surface area contributed by atoms with Crippen molar-refractivity contribution in [3.05, 3.63) is 51.0 Å². The van der Waals surface area contributed by atoms with Crippen LogP contribution in [0.25, 0.3) is 12.2 Å². The van der Waals surface area contributed by atoms with Gasteiger partial charge in [0.1, 0.15) is 0 Å². The van der Waals surface area contributed by atoms with Crippen molar-refractivity contribution < 1.29 is 9.90 Å². The first-order chi connectivity index (χ1) is 8.56. The first-order valence-corrected chi connectivity index (χ1v) is 6.32. The van der Waals surface area contributed by atoms with E-state index in [0.29, 0.717) is 11.3 Å². The molecule has 0 saturated carbocycles. The van der Waals surface area contributed by atoms with Gasteiger partial charge in [-0.2, -0.15) is 0 Å². The van der Waals surface area contributed by atoms with E-state index in [2.05, 4.69) is 4.98 Å². The highest BCUT2D eigenvalue weighted by molar-refractivity contribution is 7.12. The zero-order chi connectivity index (χ0) is 13.1. The summed E-state index contributed by atoms with van der Waals surface area (Å²) in [5.74, 6) is -0.928. The predicted octanol–water partition coefficient (Wildman–Crippen LogP) is 3.63. The molecule has 1 N–H and O–H groups in total. The standard InChI is InChI=1S/C14H13NO2S/c1-9-7-13(14(16)17)11(8-15-9)4-6-12-5-3-10(2)18-12/h3-8H,1-2H3,(H,16,17)/b6-4+. The molecule has 2 rings (SSSR count). The third-order valence-corrected chi connectivity index (χ3v) is 3.46. The maximum absolute atomic E-state index is 11.1. The minimum Gasteiger partial charge on any atom is -0.478 e. The molecule has 0 fully saturated rings. The number of carbonyl (C=O) groups is 1. The third-order valence-electron chi connectivity index (χ3n) is 2.49. The summed E-state index contributed by atoms with van der Waals surface area (Å²) >= 11 is 1.67. The molecule has 18 heavy (non-hydrogen) atoms. The van der Waals surface area contributed by atoms with Crippen LogP contribution in [-0.4, -0.2) is 16.1 Å². The van der Waals surface area contributed by atoms with E-state index >= 15 is 0 Å². The van der Waals surface area contributed by atoms with Gasteiger partial charge in [-0.1, -0.05) is 6.08 Å². The molecule has 0 aliphatic rings. The van der Waals surface area contributed by atoms with E-state index in [1.807, 2.05) is 25.1 Å². The van der Waals surface area contributed by atoms with Crippen LogP contribution in [-0.2, 0) is 0 Å². The topological polar surface area (TPSA) is 50.2 Å². The van der Waals surface area contributed by atoms with Gasteiger partial charge in [-0.25, -0.2) is 4.79 Å². The van der Waals surface area contributed by atoms with Gasteiger partial charge in [0.15, 0.2) is 0 Å². The van der Waals surface area contributed by atoms with Gasteiger partial charge in [-0.15, -0.1) is 11.3 Å². The molecule has 0 radical (unpaired) electrons. The minimum atomic E-state index is -0.928. The highest BCUT2D eigenvalue weighted by atomic mass is 32.1. The van der Waals surface area contributed by atoms with Crippen LogP contribution in [0, 0.1) is 13.8 Å². The van der Waals surface area contributed by atoms with E-state index in [1.54, 1.807) is 36.6 Å². The van der Waals surface area contributed by atoms with Crippen molar-refractivity contribution >= 4 is 29.5 Å². The van der Waals surface area contributed by atoms with Crippen LogP contribution in [0.1, 0.15) is 31.4 Å². The van der Waals surface area contributed by atoms with Crippen LogP contribution in [0.3, 0.4) is 0 Å². The molecule has 0 spiro atoms. The normalized spacial score (nSPS) is 11.0. The van der Waals surface area contributed by atoms with Crippen molar-refractivity contribution in [3.63, 3.8) is 0 Å². The lowest BCUT2D eigenvalue weighted by molar-refractivity contribution is 0.0696. The second kappa shape index (κ2) is 5.14. The molecule has 0 bridgehead atoms. The quantitative estimate of drug-likeness (QED) is 0.915. The number of aromatic carboxylic acids is 1. The molecule has 2 aromatic rings. The van der Waals surface area contributed by atoms with Crippen molar-refractivity contribution in [3.8, 4) is 0 Å². The fraction of sp³-hybridized carbons (Fsp3) is 0.143. The monoisotopic (exact) mass is 259 g/mol. The Morgan fingerprint density at radius 1 is 1.33 bits per heavy atom. The largest absolute Gasteiger partial charge is 0.478 e. The van der Waals surface area contributed by atoms with E-state index in [0.717, 1.165) is 4.88 Å². The highest BCUT2D eigenvalue weighted by Gasteiger charge is 2.08. The molecule has 2 aromatic heterocycles. The van der Waals surface area contributed by atoms with Gasteiger partial charge in [0, 0.05) is 27.2 Å². The summed E-state index contributed by atoms with van der Waals surface area (Å²) < 4.78 is 0. The molecule has 0 aliphatic carbocycles. The summed E-state index contributed by atoms with van der Waals surface area (Å²) in [5.41, 5.74) is 1.61. The van der Waals surface area contributed by atoms with Gasteiger partial charge in [0.25, 0.3) is 0 Å². The van der Waals surface area contributed by atoms with Crippen molar-refractivity contribution in [1.82, 2.24) is 4.98 Å². The first-order valence-electron chi connectivity index (χ1n) is 5.51. The van der Waals surface area contributed by atoms with Crippen LogP contribution in [0.2, 0.25) is 0 Å². The summed E-state index contributed by atoms with van der Waals surface area (Å²) in [6.45, 7) is 3.82. The zero-order valence-electron chi connectivity index (χ0n) is 10.2. The highest BCUT2D eigenvalue weighted by Crippen LogP contribution is 2.19. The SMILES string of the molecule is Cc1cc(C(=O)O)c(/C=C/c2ccc(C)s2)cn1. The van der Waals surface area contributed by atoms with E-state index in [9.17, 15) is 4.79 Å².